The number of hydrogen-bond donors (Lipinski definition) is 1. The predicted octanol–water partition coefficient (Wildman–Crippen LogP) is 2.33. The number of unbranched alkanes of at least 4 members (excludes halogenated alkanes) is 1. The van der Waals surface area contributed by atoms with Gasteiger partial charge in [-0.15, -0.1) is 0 Å². The largest absolute Gasteiger partial charge is 0.491 e. The Kier molecular flexibility index (Phi) is 2.99. The van der Waals surface area contributed by atoms with E-state index in [1.54, 1.807) is 4.68 Å². The molecule has 0 aliphatic rings. The van der Waals surface area contributed by atoms with Crippen LogP contribution in [0.2, 0.25) is 0 Å². The molecular formula is C12H17N3O. The molecule has 1 aromatic carbocycles. The van der Waals surface area contributed by atoms with Gasteiger partial charge in [0.2, 0.25) is 0 Å². The normalized spacial score (nSPS) is 10.9. The Bertz CT molecular complexity index is 490. The van der Waals surface area contributed by atoms with Crippen LogP contribution in [0.25, 0.3) is 10.9 Å². The van der Waals surface area contributed by atoms with Gasteiger partial charge in [0.05, 0.1) is 6.61 Å². The van der Waals surface area contributed by atoms with E-state index in [9.17, 15) is 0 Å². The Balaban J connectivity index is 2.37. The molecule has 0 spiro atoms. The molecule has 0 atom stereocenters. The number of fused-ring (bicyclic) bond motifs is 1. The third-order valence-corrected chi connectivity index (χ3v) is 2.61. The fourth-order valence-corrected chi connectivity index (χ4v) is 1.77. The summed E-state index contributed by atoms with van der Waals surface area (Å²) in [5, 5.41) is 5.15. The van der Waals surface area contributed by atoms with Gasteiger partial charge in [-0.1, -0.05) is 19.4 Å². The molecule has 86 valence electrons. The number of nitrogen functional groups attached to an aromatic ring is 1. The average Bonchev–Trinajstić information content (AvgIpc) is 2.56. The number of benzene rings is 1. The molecule has 0 saturated heterocycles. The first-order valence-corrected chi connectivity index (χ1v) is 5.58. The zero-order chi connectivity index (χ0) is 11.5. The maximum absolute atomic E-state index is 5.81. The van der Waals surface area contributed by atoms with Gasteiger partial charge in [-0.05, 0) is 18.6 Å². The number of hydrogen-bond acceptors (Lipinski definition) is 3. The van der Waals surface area contributed by atoms with Gasteiger partial charge >= 0.3 is 0 Å². The SMILES string of the molecule is CCCCOc1cccc2c(N)nn(C)c12. The number of nitrogens with zero attached hydrogens (tertiary/aromatic N) is 2. The lowest BCUT2D eigenvalue weighted by molar-refractivity contribution is 0.311. The molecule has 0 amide bonds. The van der Waals surface area contributed by atoms with Crippen LogP contribution in [-0.2, 0) is 7.05 Å². The Hall–Kier alpha value is -1.71. The smallest absolute Gasteiger partial charge is 0.153 e. The highest BCUT2D eigenvalue weighted by molar-refractivity contribution is 5.93. The van der Waals surface area contributed by atoms with E-state index < -0.39 is 0 Å². The molecule has 2 rings (SSSR count). The molecular weight excluding hydrogens is 202 g/mol. The molecule has 0 radical (unpaired) electrons. The molecule has 4 nitrogen and oxygen atoms in total. The van der Waals surface area contributed by atoms with Crippen molar-refractivity contribution in [3.63, 3.8) is 0 Å². The van der Waals surface area contributed by atoms with Crippen molar-refractivity contribution in [3.8, 4) is 5.75 Å². The second-order valence-electron chi connectivity index (χ2n) is 3.86. The van der Waals surface area contributed by atoms with E-state index in [1.807, 2.05) is 25.2 Å². The quantitative estimate of drug-likeness (QED) is 0.803. The number of nitrogens with two attached hydrogens (primary N) is 1. The summed E-state index contributed by atoms with van der Waals surface area (Å²) in [6.07, 6.45) is 2.19. The average molecular weight is 219 g/mol. The van der Waals surface area contributed by atoms with Crippen molar-refractivity contribution >= 4 is 16.7 Å². The lowest BCUT2D eigenvalue weighted by Crippen LogP contribution is -1.99. The second kappa shape index (κ2) is 4.43. The van der Waals surface area contributed by atoms with Gasteiger partial charge in [-0.3, -0.25) is 4.68 Å². The maximum atomic E-state index is 5.81. The maximum Gasteiger partial charge on any atom is 0.153 e. The first-order valence-electron chi connectivity index (χ1n) is 5.58. The minimum absolute atomic E-state index is 0.554. The van der Waals surface area contributed by atoms with E-state index in [4.69, 9.17) is 10.5 Å². The van der Waals surface area contributed by atoms with Gasteiger partial charge in [0.25, 0.3) is 0 Å². The highest BCUT2D eigenvalue weighted by atomic mass is 16.5. The molecule has 0 aliphatic carbocycles. The third kappa shape index (κ3) is 1.83. The van der Waals surface area contributed by atoms with Crippen LogP contribution in [0.1, 0.15) is 19.8 Å². The summed E-state index contributed by atoms with van der Waals surface area (Å²) in [4.78, 5) is 0. The van der Waals surface area contributed by atoms with Crippen LogP contribution in [0.4, 0.5) is 5.82 Å². The third-order valence-electron chi connectivity index (χ3n) is 2.61. The lowest BCUT2D eigenvalue weighted by Gasteiger charge is -2.07. The van der Waals surface area contributed by atoms with Crippen LogP contribution >= 0.6 is 0 Å². The molecule has 0 bridgehead atoms. The molecule has 4 heteroatoms. The monoisotopic (exact) mass is 219 g/mol. The number of rotatable bonds is 4. The number of aromatic nitrogens is 2. The van der Waals surface area contributed by atoms with Gasteiger partial charge in [0, 0.05) is 12.4 Å². The Morgan fingerprint density at radius 2 is 2.25 bits per heavy atom. The van der Waals surface area contributed by atoms with E-state index in [0.29, 0.717) is 5.82 Å². The fourth-order valence-electron chi connectivity index (χ4n) is 1.77. The summed E-state index contributed by atoms with van der Waals surface area (Å²) >= 11 is 0. The topological polar surface area (TPSA) is 53.1 Å². The van der Waals surface area contributed by atoms with Crippen molar-refractivity contribution in [1.82, 2.24) is 9.78 Å². The minimum atomic E-state index is 0.554. The van der Waals surface area contributed by atoms with Crippen molar-refractivity contribution in [3.05, 3.63) is 18.2 Å². The Morgan fingerprint density at radius 3 is 3.00 bits per heavy atom. The molecule has 0 unspecified atom stereocenters. The first-order chi connectivity index (χ1) is 7.74. The van der Waals surface area contributed by atoms with E-state index in [1.165, 1.54) is 0 Å². The summed E-state index contributed by atoms with van der Waals surface area (Å²) in [6, 6.07) is 5.87. The Morgan fingerprint density at radius 1 is 1.44 bits per heavy atom. The zero-order valence-electron chi connectivity index (χ0n) is 9.73. The van der Waals surface area contributed by atoms with Crippen LogP contribution < -0.4 is 10.5 Å². The number of para-hydroxylation sites is 1. The van der Waals surface area contributed by atoms with Gasteiger partial charge in [0.15, 0.2) is 5.82 Å². The van der Waals surface area contributed by atoms with E-state index in [-0.39, 0.29) is 0 Å². The van der Waals surface area contributed by atoms with Crippen molar-refractivity contribution in [2.75, 3.05) is 12.3 Å². The Labute approximate surface area is 95.0 Å². The highest BCUT2D eigenvalue weighted by Crippen LogP contribution is 2.28. The zero-order valence-corrected chi connectivity index (χ0v) is 9.73. The van der Waals surface area contributed by atoms with E-state index in [2.05, 4.69) is 12.0 Å². The van der Waals surface area contributed by atoms with Crippen molar-refractivity contribution < 1.29 is 4.74 Å². The number of anilines is 1. The van der Waals surface area contributed by atoms with Gasteiger partial charge in [0.1, 0.15) is 11.3 Å². The summed E-state index contributed by atoms with van der Waals surface area (Å²) in [6.45, 7) is 2.88. The number of aryl methyl sites for hydroxylation is 1. The predicted molar refractivity (Wildman–Crippen MR) is 65.5 cm³/mol. The number of ether oxygens (including phenoxy) is 1. The summed E-state index contributed by atoms with van der Waals surface area (Å²) in [5.41, 5.74) is 6.78. The fraction of sp³-hybridized carbons (Fsp3) is 0.417. The van der Waals surface area contributed by atoms with Gasteiger partial charge in [-0.2, -0.15) is 5.10 Å². The molecule has 1 aromatic heterocycles. The van der Waals surface area contributed by atoms with Crippen molar-refractivity contribution in [2.45, 2.75) is 19.8 Å². The summed E-state index contributed by atoms with van der Waals surface area (Å²) in [7, 11) is 1.88. The van der Waals surface area contributed by atoms with Crippen LogP contribution in [0, 0.1) is 0 Å². The summed E-state index contributed by atoms with van der Waals surface area (Å²) in [5.74, 6) is 1.41. The van der Waals surface area contributed by atoms with Crippen LogP contribution in [0.3, 0.4) is 0 Å². The van der Waals surface area contributed by atoms with Crippen LogP contribution in [0.15, 0.2) is 18.2 Å². The molecule has 0 fully saturated rings. The molecule has 16 heavy (non-hydrogen) atoms. The van der Waals surface area contributed by atoms with Gasteiger partial charge in [-0.25, -0.2) is 0 Å². The summed E-state index contributed by atoms with van der Waals surface area (Å²) < 4.78 is 7.51. The molecule has 2 N–H and O–H groups in total. The van der Waals surface area contributed by atoms with Gasteiger partial charge < -0.3 is 10.5 Å². The standard InChI is InChI=1S/C12H17N3O/c1-3-4-8-16-10-7-5-6-9-11(10)15(2)14-12(9)13/h5-7H,3-4,8H2,1-2H3,(H2,13,14). The molecule has 0 aliphatic heterocycles. The van der Waals surface area contributed by atoms with Crippen molar-refractivity contribution in [2.24, 2.45) is 7.05 Å². The molecule has 2 aromatic rings. The first kappa shape index (κ1) is 10.8. The van der Waals surface area contributed by atoms with Crippen molar-refractivity contribution in [1.29, 1.82) is 0 Å². The molecule has 0 saturated carbocycles. The van der Waals surface area contributed by atoms with Crippen LogP contribution in [-0.4, -0.2) is 16.4 Å². The second-order valence-corrected chi connectivity index (χ2v) is 3.86. The lowest BCUT2D eigenvalue weighted by atomic mass is 10.2. The van der Waals surface area contributed by atoms with Crippen LogP contribution in [0.5, 0.6) is 5.75 Å². The molecule has 1 heterocycles. The minimum Gasteiger partial charge on any atom is -0.491 e. The van der Waals surface area contributed by atoms with E-state index in [0.717, 1.165) is 36.1 Å². The highest BCUT2D eigenvalue weighted by Gasteiger charge is 2.10. The van der Waals surface area contributed by atoms with E-state index >= 15 is 0 Å².